The molecule has 5 nitrogen and oxygen atoms in total. The van der Waals surface area contributed by atoms with Gasteiger partial charge in [0.05, 0.1) is 19.9 Å². The van der Waals surface area contributed by atoms with E-state index in [9.17, 15) is 4.79 Å². The number of ether oxygens (including phenoxy) is 2. The van der Waals surface area contributed by atoms with Crippen LogP contribution < -0.4 is 9.47 Å². The van der Waals surface area contributed by atoms with Gasteiger partial charge in [0, 0.05) is 12.6 Å². The zero-order valence-corrected chi connectivity index (χ0v) is 10.5. The summed E-state index contributed by atoms with van der Waals surface area (Å²) in [5, 5.41) is 4.08. The maximum absolute atomic E-state index is 10.7. The minimum Gasteiger partial charge on any atom is -0.493 e. The molecule has 2 rings (SSSR count). The normalized spacial score (nSPS) is 10.2. The topological polar surface area (TPSA) is 53.3 Å². The highest BCUT2D eigenvalue weighted by Crippen LogP contribution is 2.32. The molecule has 0 N–H and O–H groups in total. The largest absolute Gasteiger partial charge is 0.493 e. The number of hydrogen-bond acceptors (Lipinski definition) is 4. The van der Waals surface area contributed by atoms with Crippen LogP contribution in [-0.4, -0.2) is 30.3 Å². The van der Waals surface area contributed by atoms with Gasteiger partial charge in [-0.15, -0.1) is 0 Å². The van der Waals surface area contributed by atoms with Crippen molar-refractivity contribution in [3.8, 4) is 22.8 Å². The first-order valence-corrected chi connectivity index (χ1v) is 5.41. The van der Waals surface area contributed by atoms with Gasteiger partial charge < -0.3 is 9.47 Å². The number of aryl methyl sites for hydroxylation is 1. The SMILES string of the molecule is COc1ccc(-c2cc(C=O)nn2C)cc1OC. The van der Waals surface area contributed by atoms with Crippen LogP contribution in [0.25, 0.3) is 11.3 Å². The first-order chi connectivity index (χ1) is 8.69. The molecule has 0 atom stereocenters. The highest BCUT2D eigenvalue weighted by molar-refractivity contribution is 5.76. The van der Waals surface area contributed by atoms with Gasteiger partial charge in [0.2, 0.25) is 0 Å². The summed E-state index contributed by atoms with van der Waals surface area (Å²) in [6, 6.07) is 7.30. The second kappa shape index (κ2) is 4.91. The molecule has 0 unspecified atom stereocenters. The lowest BCUT2D eigenvalue weighted by Crippen LogP contribution is -1.95. The molecule has 1 aromatic heterocycles. The number of rotatable bonds is 4. The van der Waals surface area contributed by atoms with Crippen molar-refractivity contribution in [3.05, 3.63) is 30.0 Å². The first-order valence-electron chi connectivity index (χ1n) is 5.41. The predicted molar refractivity (Wildman–Crippen MR) is 67.1 cm³/mol. The number of hydrogen-bond donors (Lipinski definition) is 0. The first kappa shape index (κ1) is 12.2. The smallest absolute Gasteiger partial charge is 0.170 e. The highest BCUT2D eigenvalue weighted by atomic mass is 16.5. The van der Waals surface area contributed by atoms with Crippen LogP contribution in [0.5, 0.6) is 11.5 Å². The molecule has 18 heavy (non-hydrogen) atoms. The van der Waals surface area contributed by atoms with Gasteiger partial charge in [-0.25, -0.2) is 0 Å². The third kappa shape index (κ3) is 2.07. The van der Waals surface area contributed by atoms with Crippen LogP contribution in [0.2, 0.25) is 0 Å². The van der Waals surface area contributed by atoms with Crippen molar-refractivity contribution in [1.82, 2.24) is 9.78 Å². The van der Waals surface area contributed by atoms with E-state index < -0.39 is 0 Å². The average molecular weight is 246 g/mol. The Morgan fingerprint density at radius 1 is 1.17 bits per heavy atom. The maximum atomic E-state index is 10.7. The number of nitrogens with zero attached hydrogens (tertiary/aromatic N) is 2. The fraction of sp³-hybridized carbons (Fsp3) is 0.231. The van der Waals surface area contributed by atoms with Crippen molar-refractivity contribution >= 4 is 6.29 Å². The van der Waals surface area contributed by atoms with E-state index in [-0.39, 0.29) is 0 Å². The summed E-state index contributed by atoms with van der Waals surface area (Å²) in [6.07, 6.45) is 0.726. The minimum atomic E-state index is 0.405. The molecule has 0 aliphatic rings. The molecule has 0 bridgehead atoms. The summed E-state index contributed by atoms with van der Waals surface area (Å²) < 4.78 is 12.1. The molecular weight excluding hydrogens is 232 g/mol. The number of benzene rings is 1. The summed E-state index contributed by atoms with van der Waals surface area (Å²) in [6.45, 7) is 0. The van der Waals surface area contributed by atoms with Gasteiger partial charge in [0.15, 0.2) is 17.8 Å². The summed E-state index contributed by atoms with van der Waals surface area (Å²) >= 11 is 0. The lowest BCUT2D eigenvalue weighted by atomic mass is 10.1. The molecule has 0 radical (unpaired) electrons. The van der Waals surface area contributed by atoms with Crippen molar-refractivity contribution in [2.45, 2.75) is 0 Å². The van der Waals surface area contributed by atoms with E-state index in [1.807, 2.05) is 18.2 Å². The number of carbonyl (C=O) groups excluding carboxylic acids is 1. The molecule has 0 saturated carbocycles. The molecular formula is C13H14N2O3. The van der Waals surface area contributed by atoms with E-state index in [2.05, 4.69) is 5.10 Å². The van der Waals surface area contributed by atoms with Gasteiger partial charge in [-0.2, -0.15) is 5.10 Å². The van der Waals surface area contributed by atoms with Crippen molar-refractivity contribution in [2.75, 3.05) is 14.2 Å². The highest BCUT2D eigenvalue weighted by Gasteiger charge is 2.10. The quantitative estimate of drug-likeness (QED) is 0.773. The van der Waals surface area contributed by atoms with Crippen LogP contribution in [0, 0.1) is 0 Å². The summed E-state index contributed by atoms with van der Waals surface area (Å²) in [4.78, 5) is 10.7. The number of methoxy groups -OCH3 is 2. The Kier molecular flexibility index (Phi) is 3.32. The fourth-order valence-corrected chi connectivity index (χ4v) is 1.81. The number of aromatic nitrogens is 2. The van der Waals surface area contributed by atoms with Crippen molar-refractivity contribution < 1.29 is 14.3 Å². The third-order valence-corrected chi connectivity index (χ3v) is 2.70. The average Bonchev–Trinajstić information content (AvgIpc) is 2.79. The fourth-order valence-electron chi connectivity index (χ4n) is 1.81. The van der Waals surface area contributed by atoms with E-state index in [4.69, 9.17) is 9.47 Å². The number of aldehydes is 1. The second-order valence-electron chi connectivity index (χ2n) is 3.77. The van der Waals surface area contributed by atoms with Crippen LogP contribution in [0.3, 0.4) is 0 Å². The maximum Gasteiger partial charge on any atom is 0.170 e. The Morgan fingerprint density at radius 3 is 2.44 bits per heavy atom. The molecule has 0 saturated heterocycles. The Hall–Kier alpha value is -2.30. The molecule has 94 valence electrons. The van der Waals surface area contributed by atoms with Crippen LogP contribution >= 0.6 is 0 Å². The van der Waals surface area contributed by atoms with Crippen molar-refractivity contribution in [3.63, 3.8) is 0 Å². The van der Waals surface area contributed by atoms with Gasteiger partial charge in [0.1, 0.15) is 5.69 Å². The molecule has 0 aliphatic heterocycles. The lowest BCUT2D eigenvalue weighted by Gasteiger charge is -2.09. The Labute approximate surface area is 105 Å². The minimum absolute atomic E-state index is 0.405. The molecule has 0 spiro atoms. The molecule has 2 aromatic rings. The Morgan fingerprint density at radius 2 is 1.89 bits per heavy atom. The molecule has 0 aliphatic carbocycles. The lowest BCUT2D eigenvalue weighted by molar-refractivity contribution is 0.111. The van der Waals surface area contributed by atoms with E-state index >= 15 is 0 Å². The van der Waals surface area contributed by atoms with Gasteiger partial charge in [-0.1, -0.05) is 0 Å². The molecule has 5 heteroatoms. The van der Waals surface area contributed by atoms with Gasteiger partial charge in [-0.3, -0.25) is 9.48 Å². The van der Waals surface area contributed by atoms with Gasteiger partial charge in [-0.05, 0) is 24.3 Å². The second-order valence-corrected chi connectivity index (χ2v) is 3.77. The van der Waals surface area contributed by atoms with Crippen LogP contribution in [0.15, 0.2) is 24.3 Å². The number of carbonyl (C=O) groups is 1. The van der Waals surface area contributed by atoms with Crippen molar-refractivity contribution in [1.29, 1.82) is 0 Å². The third-order valence-electron chi connectivity index (χ3n) is 2.70. The zero-order chi connectivity index (χ0) is 13.1. The summed E-state index contributed by atoms with van der Waals surface area (Å²) in [5.74, 6) is 1.31. The monoisotopic (exact) mass is 246 g/mol. The summed E-state index contributed by atoms with van der Waals surface area (Å²) in [5.41, 5.74) is 2.16. The molecule has 1 heterocycles. The standard InChI is InChI=1S/C13H14N2O3/c1-15-11(7-10(8-16)14-15)9-4-5-12(17-2)13(6-9)18-3/h4-8H,1-3H3. The van der Waals surface area contributed by atoms with Crippen LogP contribution in [0.1, 0.15) is 10.5 Å². The zero-order valence-electron chi connectivity index (χ0n) is 10.5. The van der Waals surface area contributed by atoms with Crippen LogP contribution in [-0.2, 0) is 7.05 Å². The summed E-state index contributed by atoms with van der Waals surface area (Å²) in [7, 11) is 4.97. The predicted octanol–water partition coefficient (Wildman–Crippen LogP) is 1.92. The molecule has 0 fully saturated rings. The van der Waals surface area contributed by atoms with E-state index in [0.29, 0.717) is 17.2 Å². The van der Waals surface area contributed by atoms with E-state index in [1.165, 1.54) is 0 Å². The van der Waals surface area contributed by atoms with Crippen LogP contribution in [0.4, 0.5) is 0 Å². The van der Waals surface area contributed by atoms with Gasteiger partial charge >= 0.3 is 0 Å². The van der Waals surface area contributed by atoms with E-state index in [0.717, 1.165) is 17.5 Å². The molecule has 0 amide bonds. The molecule has 1 aromatic carbocycles. The Bertz CT molecular complexity index is 576. The van der Waals surface area contributed by atoms with Crippen molar-refractivity contribution in [2.24, 2.45) is 7.05 Å². The van der Waals surface area contributed by atoms with Gasteiger partial charge in [0.25, 0.3) is 0 Å². The van der Waals surface area contributed by atoms with E-state index in [1.54, 1.807) is 32.0 Å². The Balaban J connectivity index is 2.50.